The van der Waals surface area contributed by atoms with Crippen LogP contribution in [0.3, 0.4) is 0 Å². The minimum absolute atomic E-state index is 0.153. The van der Waals surface area contributed by atoms with E-state index in [-0.39, 0.29) is 22.8 Å². The summed E-state index contributed by atoms with van der Waals surface area (Å²) in [5, 5.41) is 13.1. The van der Waals surface area contributed by atoms with Crippen LogP contribution in [0.15, 0.2) is 6.07 Å². The second kappa shape index (κ2) is 8.31. The van der Waals surface area contributed by atoms with E-state index in [2.05, 4.69) is 24.1 Å². The number of phenolic OH excluding ortho intramolecular Hbond substituents is 1. The lowest BCUT2D eigenvalue weighted by Gasteiger charge is -2.48. The number of ether oxygens (including phenoxy) is 1. The summed E-state index contributed by atoms with van der Waals surface area (Å²) in [4.78, 5) is 2.57. The lowest BCUT2D eigenvalue weighted by atomic mass is 9.79. The van der Waals surface area contributed by atoms with Crippen LogP contribution >= 0.6 is 0 Å². The molecule has 0 radical (unpaired) electrons. The molecule has 152 valence electrons. The second-order valence-corrected chi connectivity index (χ2v) is 8.27. The predicted octanol–water partition coefficient (Wildman–Crippen LogP) is 4.59. The van der Waals surface area contributed by atoms with E-state index in [4.69, 9.17) is 4.74 Å². The highest BCUT2D eigenvalue weighted by atomic mass is 19.2. The first-order chi connectivity index (χ1) is 12.8. The van der Waals surface area contributed by atoms with Gasteiger partial charge in [0.25, 0.3) is 0 Å². The Kier molecular flexibility index (Phi) is 6.26. The van der Waals surface area contributed by atoms with Crippen LogP contribution < -0.4 is 5.32 Å². The Morgan fingerprint density at radius 2 is 1.81 bits per heavy atom. The van der Waals surface area contributed by atoms with Crippen molar-refractivity contribution in [2.24, 2.45) is 0 Å². The number of anilines is 1. The Labute approximate surface area is 160 Å². The van der Waals surface area contributed by atoms with Gasteiger partial charge in [-0.2, -0.15) is 4.39 Å². The van der Waals surface area contributed by atoms with Gasteiger partial charge >= 0.3 is 0 Å². The van der Waals surface area contributed by atoms with Gasteiger partial charge in [0.05, 0.1) is 11.8 Å². The number of likely N-dealkylation sites (tertiary alicyclic amines) is 1. The van der Waals surface area contributed by atoms with Crippen molar-refractivity contribution >= 4 is 5.69 Å². The number of phenols is 1. The highest BCUT2D eigenvalue weighted by Gasteiger charge is 2.38. The summed E-state index contributed by atoms with van der Waals surface area (Å²) in [6.07, 6.45) is 6.78. The summed E-state index contributed by atoms with van der Waals surface area (Å²) in [5.41, 5.74) is 0.705. The van der Waals surface area contributed by atoms with E-state index >= 15 is 0 Å². The number of rotatable bonds is 5. The molecule has 0 spiro atoms. The lowest BCUT2D eigenvalue weighted by Crippen LogP contribution is -2.53. The maximum atomic E-state index is 13.8. The molecular formula is C21H32F2N2O2. The fourth-order valence-corrected chi connectivity index (χ4v) is 4.57. The van der Waals surface area contributed by atoms with E-state index in [1.165, 1.54) is 13.0 Å². The standard InChI is InChI=1S/C21H32F2N2O2/c1-4-27-16-5-9-21(3,10-6-16)25-11-7-15(8-12-25)24-17-13-14(2)18(22)19(23)20(17)26/h13,15-16,24,26H,4-12H2,1-3H3. The monoisotopic (exact) mass is 382 g/mol. The zero-order valence-corrected chi connectivity index (χ0v) is 16.7. The summed E-state index contributed by atoms with van der Waals surface area (Å²) in [6, 6.07) is 1.64. The molecule has 1 aliphatic heterocycles. The molecule has 2 fully saturated rings. The molecule has 3 rings (SSSR count). The van der Waals surface area contributed by atoms with E-state index in [1.54, 1.807) is 0 Å². The van der Waals surface area contributed by atoms with Crippen LogP contribution in [-0.2, 0) is 4.74 Å². The van der Waals surface area contributed by atoms with Crippen molar-refractivity contribution in [2.75, 3.05) is 25.0 Å². The third kappa shape index (κ3) is 4.37. The average Bonchev–Trinajstić information content (AvgIpc) is 2.67. The summed E-state index contributed by atoms with van der Waals surface area (Å²) in [6.45, 7) is 8.64. The maximum Gasteiger partial charge on any atom is 0.202 e. The van der Waals surface area contributed by atoms with Gasteiger partial charge in [0.1, 0.15) is 0 Å². The number of nitrogens with zero attached hydrogens (tertiary/aromatic N) is 1. The van der Waals surface area contributed by atoms with Crippen molar-refractivity contribution in [2.45, 2.75) is 77.0 Å². The van der Waals surface area contributed by atoms with E-state index in [0.29, 0.717) is 6.10 Å². The normalized spacial score (nSPS) is 27.7. The van der Waals surface area contributed by atoms with E-state index in [1.807, 2.05) is 0 Å². The molecule has 1 aliphatic carbocycles. The molecule has 1 saturated carbocycles. The van der Waals surface area contributed by atoms with Crippen molar-refractivity contribution in [3.8, 4) is 5.75 Å². The molecule has 0 atom stereocenters. The smallest absolute Gasteiger partial charge is 0.202 e. The van der Waals surface area contributed by atoms with Crippen LogP contribution in [0.1, 0.15) is 57.9 Å². The highest BCUT2D eigenvalue weighted by molar-refractivity contribution is 5.59. The van der Waals surface area contributed by atoms with Crippen molar-refractivity contribution in [1.82, 2.24) is 4.90 Å². The molecule has 0 bridgehead atoms. The Bertz CT molecular complexity index is 652. The lowest BCUT2D eigenvalue weighted by molar-refractivity contribution is -0.0242. The van der Waals surface area contributed by atoms with Crippen LogP contribution in [0, 0.1) is 18.6 Å². The predicted molar refractivity (Wildman–Crippen MR) is 103 cm³/mol. The molecule has 1 heterocycles. The SMILES string of the molecule is CCOC1CCC(C)(N2CCC(Nc3cc(C)c(F)c(F)c3O)CC2)CC1. The van der Waals surface area contributed by atoms with Crippen LogP contribution in [-0.4, -0.2) is 47.4 Å². The Morgan fingerprint density at radius 3 is 2.41 bits per heavy atom. The molecule has 0 amide bonds. The Hall–Kier alpha value is -1.40. The fourth-order valence-electron chi connectivity index (χ4n) is 4.57. The van der Waals surface area contributed by atoms with Crippen LogP contribution in [0.4, 0.5) is 14.5 Å². The minimum Gasteiger partial charge on any atom is -0.503 e. The molecule has 0 unspecified atom stereocenters. The van der Waals surface area contributed by atoms with Gasteiger partial charge in [0.2, 0.25) is 5.82 Å². The molecule has 1 aromatic carbocycles. The zero-order chi connectivity index (χ0) is 19.6. The Balaban J connectivity index is 1.55. The Morgan fingerprint density at radius 1 is 1.19 bits per heavy atom. The summed E-state index contributed by atoms with van der Waals surface area (Å²) in [5.74, 6) is -2.78. The zero-order valence-electron chi connectivity index (χ0n) is 16.7. The van der Waals surface area contributed by atoms with E-state index in [9.17, 15) is 13.9 Å². The topological polar surface area (TPSA) is 44.7 Å². The number of hydrogen-bond donors (Lipinski definition) is 2. The summed E-state index contributed by atoms with van der Waals surface area (Å²) >= 11 is 0. The van der Waals surface area contributed by atoms with E-state index in [0.717, 1.165) is 58.2 Å². The quantitative estimate of drug-likeness (QED) is 0.731. The number of aromatic hydroxyl groups is 1. The molecule has 1 saturated heterocycles. The van der Waals surface area contributed by atoms with Crippen molar-refractivity contribution < 1.29 is 18.6 Å². The van der Waals surface area contributed by atoms with Gasteiger partial charge < -0.3 is 15.2 Å². The van der Waals surface area contributed by atoms with Gasteiger partial charge in [-0.3, -0.25) is 4.90 Å². The number of nitrogens with one attached hydrogen (secondary N) is 1. The average molecular weight is 382 g/mol. The van der Waals surface area contributed by atoms with Gasteiger partial charge in [-0.25, -0.2) is 4.39 Å². The summed E-state index contributed by atoms with van der Waals surface area (Å²) < 4.78 is 33.1. The van der Waals surface area contributed by atoms with Crippen molar-refractivity contribution in [3.63, 3.8) is 0 Å². The first kappa shape index (κ1) is 20.3. The van der Waals surface area contributed by atoms with Crippen molar-refractivity contribution in [3.05, 3.63) is 23.3 Å². The number of halogens is 2. The number of benzene rings is 1. The molecule has 1 aromatic rings. The second-order valence-electron chi connectivity index (χ2n) is 8.27. The third-order valence-electron chi connectivity index (χ3n) is 6.39. The maximum absolute atomic E-state index is 13.8. The van der Waals surface area contributed by atoms with Gasteiger partial charge in [-0.1, -0.05) is 0 Å². The molecule has 4 nitrogen and oxygen atoms in total. The molecule has 2 N–H and O–H groups in total. The number of aryl methyl sites for hydroxylation is 1. The number of piperidine rings is 1. The van der Waals surface area contributed by atoms with Gasteiger partial charge in [0.15, 0.2) is 11.6 Å². The van der Waals surface area contributed by atoms with Gasteiger partial charge in [-0.05, 0) is 70.9 Å². The molecule has 6 heteroatoms. The number of hydrogen-bond acceptors (Lipinski definition) is 4. The first-order valence-electron chi connectivity index (χ1n) is 10.1. The van der Waals surface area contributed by atoms with Gasteiger partial charge in [0, 0.05) is 31.3 Å². The van der Waals surface area contributed by atoms with Crippen molar-refractivity contribution in [1.29, 1.82) is 0 Å². The van der Waals surface area contributed by atoms with E-state index < -0.39 is 17.4 Å². The van der Waals surface area contributed by atoms with Crippen LogP contribution in [0.5, 0.6) is 5.75 Å². The largest absolute Gasteiger partial charge is 0.503 e. The third-order valence-corrected chi connectivity index (χ3v) is 6.39. The van der Waals surface area contributed by atoms with Crippen LogP contribution in [0.25, 0.3) is 0 Å². The molecule has 27 heavy (non-hydrogen) atoms. The molecule has 0 aromatic heterocycles. The fraction of sp³-hybridized carbons (Fsp3) is 0.714. The molecular weight excluding hydrogens is 350 g/mol. The van der Waals surface area contributed by atoms with Gasteiger partial charge in [-0.15, -0.1) is 0 Å². The molecule has 2 aliphatic rings. The summed E-state index contributed by atoms with van der Waals surface area (Å²) in [7, 11) is 0. The van der Waals surface area contributed by atoms with Crippen LogP contribution in [0.2, 0.25) is 0 Å². The first-order valence-corrected chi connectivity index (χ1v) is 10.1. The highest BCUT2D eigenvalue weighted by Crippen LogP contribution is 2.37. The minimum atomic E-state index is -1.17.